The van der Waals surface area contributed by atoms with Crippen molar-refractivity contribution < 1.29 is 29.8 Å². The zero-order chi connectivity index (χ0) is 20.6. The van der Waals surface area contributed by atoms with Crippen LogP contribution in [0.5, 0.6) is 5.75 Å². The number of nitro benzene ring substituents is 3. The van der Waals surface area contributed by atoms with Gasteiger partial charge in [-0.05, 0) is 12.0 Å². The smallest absolute Gasteiger partial charge is 0.324 e. The second-order valence-electron chi connectivity index (χ2n) is 4.98. The summed E-state index contributed by atoms with van der Waals surface area (Å²) in [5.74, 6) is -1.95. The lowest BCUT2D eigenvalue weighted by molar-refractivity contribution is -0.404. The van der Waals surface area contributed by atoms with E-state index in [9.17, 15) is 35.1 Å². The molecule has 0 atom stereocenters. The number of hydrogen-bond donors (Lipinski definition) is 2. The summed E-state index contributed by atoms with van der Waals surface area (Å²) in [6.07, 6.45) is 0.834. The molecule has 0 unspecified atom stereocenters. The van der Waals surface area contributed by atoms with Crippen molar-refractivity contribution in [1.29, 1.82) is 0 Å². The van der Waals surface area contributed by atoms with E-state index >= 15 is 0 Å². The van der Waals surface area contributed by atoms with Gasteiger partial charge in [-0.25, -0.2) is 0 Å². The largest absolute Gasteiger partial charge is 0.497 e. The molecule has 0 heterocycles. The van der Waals surface area contributed by atoms with E-state index in [-0.39, 0.29) is 6.42 Å². The fourth-order valence-corrected chi connectivity index (χ4v) is 1.87. The van der Waals surface area contributed by atoms with Gasteiger partial charge in [-0.1, -0.05) is 30.3 Å². The van der Waals surface area contributed by atoms with Crippen LogP contribution in [-0.4, -0.2) is 31.0 Å². The summed E-state index contributed by atoms with van der Waals surface area (Å²) in [6.45, 7) is 0. The third-order valence-electron chi connectivity index (χ3n) is 3.13. The van der Waals surface area contributed by atoms with Crippen molar-refractivity contribution in [2.75, 3.05) is 0 Å². The minimum atomic E-state index is -1.21. The van der Waals surface area contributed by atoms with Crippen LogP contribution in [-0.2, 0) is 11.2 Å². The molecule has 12 nitrogen and oxygen atoms in total. The molecule has 0 fully saturated rings. The average Bonchev–Trinajstić information content (AvgIpc) is 2.60. The summed E-state index contributed by atoms with van der Waals surface area (Å²) in [6, 6.07) is 10.5. The molecule has 142 valence electrons. The van der Waals surface area contributed by atoms with Crippen LogP contribution >= 0.6 is 0 Å². The minimum Gasteiger partial charge on any atom is -0.497 e. The van der Waals surface area contributed by atoms with E-state index < -0.39 is 43.6 Å². The average molecular weight is 379 g/mol. The number of nitro groups is 3. The maximum Gasteiger partial charge on any atom is 0.324 e. The van der Waals surface area contributed by atoms with Crippen LogP contribution in [0.15, 0.2) is 42.5 Å². The topological polar surface area (TPSA) is 187 Å². The molecule has 27 heavy (non-hydrogen) atoms. The highest BCUT2D eigenvalue weighted by Gasteiger charge is 2.30. The molecule has 0 amide bonds. The number of aryl methyl sites for hydroxylation is 1. The maximum absolute atomic E-state index is 10.4. The Balaban J connectivity index is 0.000000289. The molecule has 0 bridgehead atoms. The fourth-order valence-electron chi connectivity index (χ4n) is 1.87. The summed E-state index contributed by atoms with van der Waals surface area (Å²) in [7, 11) is 0. The number of aromatic hydroxyl groups is 1. The Bertz CT molecular complexity index is 833. The number of phenolic OH excluding ortho intramolecular Hbond substituents is 1. The first-order valence-corrected chi connectivity index (χ1v) is 7.19. The van der Waals surface area contributed by atoms with Crippen molar-refractivity contribution in [2.45, 2.75) is 12.8 Å². The fraction of sp³-hybridized carbons (Fsp3) is 0.133. The highest BCUT2D eigenvalue weighted by atomic mass is 16.6. The third-order valence-corrected chi connectivity index (χ3v) is 3.13. The van der Waals surface area contributed by atoms with Crippen LogP contribution in [0.2, 0.25) is 0 Å². The first-order chi connectivity index (χ1) is 12.6. The molecule has 2 aromatic rings. The number of carboxylic acid groups (broad SMARTS) is 1. The number of hydrogen-bond acceptors (Lipinski definition) is 8. The SMILES string of the molecule is O=C(O)CCc1ccccc1.O=[N+]([O-])c1cc([N+](=O)[O-])c(O)c([N+](=O)[O-])c1. The number of rotatable bonds is 6. The Morgan fingerprint density at radius 2 is 1.37 bits per heavy atom. The number of nitrogens with zero attached hydrogens (tertiary/aromatic N) is 3. The lowest BCUT2D eigenvalue weighted by Crippen LogP contribution is -1.97. The molecule has 0 spiro atoms. The van der Waals surface area contributed by atoms with Crippen molar-refractivity contribution in [3.05, 3.63) is 78.4 Å². The van der Waals surface area contributed by atoms with Crippen LogP contribution in [0.1, 0.15) is 12.0 Å². The third kappa shape index (κ3) is 6.38. The highest BCUT2D eigenvalue weighted by Crippen LogP contribution is 2.38. The molecule has 2 N–H and O–H groups in total. The quantitative estimate of drug-likeness (QED) is 0.561. The summed E-state index contributed by atoms with van der Waals surface area (Å²) >= 11 is 0. The number of benzene rings is 2. The number of aliphatic carboxylic acids is 1. The molecule has 0 aliphatic rings. The van der Waals surface area contributed by atoms with Crippen molar-refractivity contribution in [3.63, 3.8) is 0 Å². The number of carbonyl (C=O) groups is 1. The van der Waals surface area contributed by atoms with Gasteiger partial charge in [-0.3, -0.25) is 35.1 Å². The molecule has 0 radical (unpaired) electrons. The zero-order valence-corrected chi connectivity index (χ0v) is 13.5. The Hall–Kier alpha value is -4.09. The zero-order valence-electron chi connectivity index (χ0n) is 13.5. The lowest BCUT2D eigenvalue weighted by Gasteiger charge is -1.97. The van der Waals surface area contributed by atoms with Crippen LogP contribution in [0.4, 0.5) is 17.1 Å². The van der Waals surface area contributed by atoms with E-state index in [4.69, 9.17) is 10.2 Å². The predicted molar refractivity (Wildman–Crippen MR) is 90.5 cm³/mol. The Kier molecular flexibility index (Phi) is 7.30. The van der Waals surface area contributed by atoms with E-state index in [1.807, 2.05) is 30.3 Å². The predicted octanol–water partition coefficient (Wildman–Crippen LogP) is 2.82. The van der Waals surface area contributed by atoms with E-state index in [0.717, 1.165) is 5.56 Å². The van der Waals surface area contributed by atoms with E-state index in [1.165, 1.54) is 0 Å². The van der Waals surface area contributed by atoms with Gasteiger partial charge in [-0.15, -0.1) is 0 Å². The van der Waals surface area contributed by atoms with Gasteiger partial charge < -0.3 is 10.2 Å². The van der Waals surface area contributed by atoms with Crippen molar-refractivity contribution >= 4 is 23.0 Å². The molecule has 0 aliphatic carbocycles. The molecule has 0 aromatic heterocycles. The molecule has 2 aromatic carbocycles. The lowest BCUT2D eigenvalue weighted by atomic mass is 10.1. The summed E-state index contributed by atoms with van der Waals surface area (Å²) in [5.41, 5.74) is -1.92. The number of carboxylic acids is 1. The second-order valence-corrected chi connectivity index (χ2v) is 4.98. The van der Waals surface area contributed by atoms with Crippen molar-refractivity contribution in [2.24, 2.45) is 0 Å². The number of non-ortho nitro benzene ring substituents is 1. The summed E-state index contributed by atoms with van der Waals surface area (Å²) < 4.78 is 0. The maximum atomic E-state index is 10.4. The van der Waals surface area contributed by atoms with Gasteiger partial charge in [-0.2, -0.15) is 0 Å². The van der Waals surface area contributed by atoms with Crippen LogP contribution in [0.3, 0.4) is 0 Å². The van der Waals surface area contributed by atoms with Crippen LogP contribution < -0.4 is 0 Å². The minimum absolute atomic E-state index is 0.212. The molecule has 12 heteroatoms. The standard InChI is InChI=1S/C9H10O2.C6H3N3O7/c10-9(11)7-6-8-4-2-1-3-5-8;10-6-4(8(13)14)1-3(7(11)12)2-5(6)9(15)16/h1-5H,6-7H2,(H,10,11);1-2,10H. The first kappa shape index (κ1) is 21.0. The molecule has 0 saturated carbocycles. The van der Waals surface area contributed by atoms with Gasteiger partial charge in [0.05, 0.1) is 26.9 Å². The molecule has 0 saturated heterocycles. The van der Waals surface area contributed by atoms with Gasteiger partial charge in [0.25, 0.3) is 11.4 Å². The van der Waals surface area contributed by atoms with Crippen LogP contribution in [0, 0.1) is 30.3 Å². The van der Waals surface area contributed by atoms with Gasteiger partial charge in [0, 0.05) is 6.42 Å². The van der Waals surface area contributed by atoms with E-state index in [1.54, 1.807) is 0 Å². The summed E-state index contributed by atoms with van der Waals surface area (Å²) in [4.78, 5) is 37.9. The highest BCUT2D eigenvalue weighted by molar-refractivity contribution is 5.67. The van der Waals surface area contributed by atoms with Gasteiger partial charge >= 0.3 is 17.3 Å². The number of phenols is 1. The Labute approximate surface area is 150 Å². The van der Waals surface area contributed by atoms with Crippen molar-refractivity contribution in [3.8, 4) is 5.75 Å². The van der Waals surface area contributed by atoms with Gasteiger partial charge in [0.15, 0.2) is 0 Å². The van der Waals surface area contributed by atoms with Crippen molar-refractivity contribution in [1.82, 2.24) is 0 Å². The van der Waals surface area contributed by atoms with Gasteiger partial charge in [0.1, 0.15) is 0 Å². The van der Waals surface area contributed by atoms with Crippen LogP contribution in [0.25, 0.3) is 0 Å². The Morgan fingerprint density at radius 1 is 0.889 bits per heavy atom. The Morgan fingerprint density at radius 3 is 1.74 bits per heavy atom. The monoisotopic (exact) mass is 379 g/mol. The normalized spacial score (nSPS) is 9.63. The molecule has 0 aliphatic heterocycles. The van der Waals surface area contributed by atoms with Gasteiger partial charge in [0.2, 0.25) is 0 Å². The molecular formula is C15H13N3O9. The summed E-state index contributed by atoms with van der Waals surface area (Å²) in [5, 5.41) is 48.6. The molecular weight excluding hydrogens is 366 g/mol. The van der Waals surface area contributed by atoms with E-state index in [0.29, 0.717) is 18.6 Å². The van der Waals surface area contributed by atoms with E-state index in [2.05, 4.69) is 0 Å². The first-order valence-electron chi connectivity index (χ1n) is 7.19. The molecule has 2 rings (SSSR count). The second kappa shape index (κ2) is 9.41.